The predicted octanol–water partition coefficient (Wildman–Crippen LogP) is 1.68. The minimum absolute atomic E-state index is 0.191. The van der Waals surface area contributed by atoms with Crippen LogP contribution < -0.4 is 10.1 Å². The molecule has 1 unspecified atom stereocenters. The van der Waals surface area contributed by atoms with Crippen LogP contribution in [-0.2, 0) is 4.74 Å². The first kappa shape index (κ1) is 13.1. The molecule has 0 saturated carbocycles. The normalized spacial score (nSPS) is 12.2. The Kier molecular flexibility index (Phi) is 6.00. The van der Waals surface area contributed by atoms with Crippen LogP contribution in [0.1, 0.15) is 0 Å². The summed E-state index contributed by atoms with van der Waals surface area (Å²) in [4.78, 5) is 0. The Labute approximate surface area is 100 Å². The molecule has 5 heteroatoms. The minimum atomic E-state index is -0.572. The topological polar surface area (TPSA) is 50.7 Å². The van der Waals surface area contributed by atoms with Crippen LogP contribution in [0.4, 0.5) is 5.69 Å². The molecule has 0 aromatic heterocycles. The van der Waals surface area contributed by atoms with E-state index in [1.165, 1.54) is 0 Å². The Morgan fingerprint density at radius 3 is 2.88 bits per heavy atom. The van der Waals surface area contributed by atoms with Gasteiger partial charge in [0.15, 0.2) is 6.79 Å². The molecule has 0 radical (unpaired) electrons. The van der Waals surface area contributed by atoms with E-state index in [1.807, 2.05) is 24.3 Å². The number of aliphatic hydroxyl groups is 1. The average molecular weight is 246 g/mol. The second-order valence-electron chi connectivity index (χ2n) is 3.24. The number of anilines is 1. The molecule has 2 N–H and O–H groups in total. The monoisotopic (exact) mass is 245 g/mol. The molecule has 0 aliphatic heterocycles. The maximum atomic E-state index is 9.33. The summed E-state index contributed by atoms with van der Waals surface area (Å²) >= 11 is 5.50. The number of hydrogen-bond acceptors (Lipinski definition) is 4. The maximum absolute atomic E-state index is 9.33. The van der Waals surface area contributed by atoms with Crippen molar-refractivity contribution in [2.24, 2.45) is 0 Å². The number of methoxy groups -OCH3 is 1. The summed E-state index contributed by atoms with van der Waals surface area (Å²) in [6, 6.07) is 7.45. The van der Waals surface area contributed by atoms with Crippen molar-refractivity contribution < 1.29 is 14.6 Å². The number of para-hydroxylation sites is 2. The van der Waals surface area contributed by atoms with Crippen LogP contribution >= 0.6 is 11.6 Å². The van der Waals surface area contributed by atoms with E-state index in [4.69, 9.17) is 21.1 Å². The van der Waals surface area contributed by atoms with Gasteiger partial charge in [-0.05, 0) is 12.1 Å². The van der Waals surface area contributed by atoms with Crippen molar-refractivity contribution in [1.29, 1.82) is 0 Å². The zero-order valence-corrected chi connectivity index (χ0v) is 9.91. The minimum Gasteiger partial charge on any atom is -0.465 e. The standard InChI is InChI=1S/C11H16ClNO3/c1-15-8-16-11-5-3-2-4-10(11)13-7-9(14)6-12/h2-5,9,13-14H,6-8H2,1H3. The first-order valence-electron chi connectivity index (χ1n) is 4.96. The number of rotatable bonds is 7. The number of hydrogen-bond donors (Lipinski definition) is 2. The van der Waals surface area contributed by atoms with Gasteiger partial charge < -0.3 is 19.9 Å². The highest BCUT2D eigenvalue weighted by molar-refractivity contribution is 6.18. The van der Waals surface area contributed by atoms with Crippen molar-refractivity contribution in [2.75, 3.05) is 31.6 Å². The third-order valence-electron chi connectivity index (χ3n) is 1.93. The lowest BCUT2D eigenvalue weighted by atomic mass is 10.3. The van der Waals surface area contributed by atoms with Gasteiger partial charge in [-0.15, -0.1) is 11.6 Å². The predicted molar refractivity (Wildman–Crippen MR) is 64.2 cm³/mol. The molecule has 0 bridgehead atoms. The van der Waals surface area contributed by atoms with Gasteiger partial charge in [-0.1, -0.05) is 12.1 Å². The van der Waals surface area contributed by atoms with Crippen LogP contribution in [0.2, 0.25) is 0 Å². The van der Waals surface area contributed by atoms with Crippen molar-refractivity contribution >= 4 is 17.3 Å². The molecule has 1 rings (SSSR count). The molecule has 0 amide bonds. The highest BCUT2D eigenvalue weighted by Crippen LogP contribution is 2.23. The molecular formula is C11H16ClNO3. The number of ether oxygens (including phenoxy) is 2. The number of nitrogens with one attached hydrogen (secondary N) is 1. The maximum Gasteiger partial charge on any atom is 0.188 e. The molecule has 0 heterocycles. The second-order valence-corrected chi connectivity index (χ2v) is 3.54. The summed E-state index contributed by atoms with van der Waals surface area (Å²) in [5.74, 6) is 0.889. The van der Waals surface area contributed by atoms with E-state index in [0.29, 0.717) is 12.3 Å². The lowest BCUT2D eigenvalue weighted by Gasteiger charge is -2.14. The van der Waals surface area contributed by atoms with E-state index in [-0.39, 0.29) is 12.7 Å². The molecule has 1 aromatic carbocycles. The highest BCUT2D eigenvalue weighted by Gasteiger charge is 2.05. The fraction of sp³-hybridized carbons (Fsp3) is 0.455. The van der Waals surface area contributed by atoms with Gasteiger partial charge in [0.2, 0.25) is 0 Å². The Hall–Kier alpha value is -0.970. The van der Waals surface area contributed by atoms with Crippen molar-refractivity contribution in [3.63, 3.8) is 0 Å². The van der Waals surface area contributed by atoms with Crippen LogP contribution in [0.5, 0.6) is 5.75 Å². The van der Waals surface area contributed by atoms with Gasteiger partial charge in [0.1, 0.15) is 5.75 Å². The van der Waals surface area contributed by atoms with Crippen LogP contribution in [0.25, 0.3) is 0 Å². The summed E-state index contributed by atoms with van der Waals surface area (Å²) in [6.45, 7) is 0.577. The van der Waals surface area contributed by atoms with Crippen molar-refractivity contribution in [2.45, 2.75) is 6.10 Å². The molecule has 4 nitrogen and oxygen atoms in total. The molecule has 1 aromatic rings. The number of halogens is 1. The van der Waals surface area contributed by atoms with E-state index in [1.54, 1.807) is 7.11 Å². The Morgan fingerprint density at radius 1 is 1.44 bits per heavy atom. The van der Waals surface area contributed by atoms with Gasteiger partial charge in [0.05, 0.1) is 17.7 Å². The summed E-state index contributed by atoms with van der Waals surface area (Å²) in [5, 5.41) is 12.4. The first-order chi connectivity index (χ1) is 7.77. The fourth-order valence-corrected chi connectivity index (χ4v) is 1.25. The van der Waals surface area contributed by atoms with Gasteiger partial charge in [0, 0.05) is 13.7 Å². The lowest BCUT2D eigenvalue weighted by Crippen LogP contribution is -2.21. The van der Waals surface area contributed by atoms with E-state index >= 15 is 0 Å². The largest absolute Gasteiger partial charge is 0.465 e. The highest BCUT2D eigenvalue weighted by atomic mass is 35.5. The summed E-state index contributed by atoms with van der Waals surface area (Å²) in [5.41, 5.74) is 0.809. The Balaban J connectivity index is 2.56. The molecule has 90 valence electrons. The number of benzene rings is 1. The SMILES string of the molecule is COCOc1ccccc1NCC(O)CCl. The van der Waals surface area contributed by atoms with E-state index in [0.717, 1.165) is 5.69 Å². The molecule has 1 atom stereocenters. The lowest BCUT2D eigenvalue weighted by molar-refractivity contribution is 0.0516. The van der Waals surface area contributed by atoms with Gasteiger partial charge in [-0.2, -0.15) is 0 Å². The van der Waals surface area contributed by atoms with Gasteiger partial charge in [0.25, 0.3) is 0 Å². The van der Waals surface area contributed by atoms with E-state index in [9.17, 15) is 5.11 Å². The zero-order chi connectivity index (χ0) is 11.8. The molecule has 16 heavy (non-hydrogen) atoms. The first-order valence-corrected chi connectivity index (χ1v) is 5.50. The molecule has 0 aliphatic rings. The summed E-state index contributed by atoms with van der Waals surface area (Å²) in [7, 11) is 1.56. The van der Waals surface area contributed by atoms with Crippen LogP contribution in [0, 0.1) is 0 Å². The molecule has 0 aliphatic carbocycles. The zero-order valence-electron chi connectivity index (χ0n) is 9.15. The summed E-state index contributed by atoms with van der Waals surface area (Å²) in [6.07, 6.45) is -0.572. The summed E-state index contributed by atoms with van der Waals surface area (Å²) < 4.78 is 10.2. The third-order valence-corrected chi connectivity index (χ3v) is 2.28. The molecular weight excluding hydrogens is 230 g/mol. The smallest absolute Gasteiger partial charge is 0.188 e. The molecule has 0 saturated heterocycles. The average Bonchev–Trinajstić information content (AvgIpc) is 2.34. The van der Waals surface area contributed by atoms with Crippen LogP contribution in [-0.4, -0.2) is 37.5 Å². The molecule has 0 fully saturated rings. The fourth-order valence-electron chi connectivity index (χ4n) is 1.14. The third kappa shape index (κ3) is 4.26. The van der Waals surface area contributed by atoms with Crippen LogP contribution in [0.3, 0.4) is 0 Å². The van der Waals surface area contributed by atoms with Gasteiger partial charge in [-0.3, -0.25) is 0 Å². The molecule has 0 spiro atoms. The quantitative estimate of drug-likeness (QED) is 0.567. The second kappa shape index (κ2) is 7.33. The van der Waals surface area contributed by atoms with Gasteiger partial charge >= 0.3 is 0 Å². The Bertz CT molecular complexity index is 309. The van der Waals surface area contributed by atoms with Crippen LogP contribution in [0.15, 0.2) is 24.3 Å². The van der Waals surface area contributed by atoms with Crippen molar-refractivity contribution in [3.05, 3.63) is 24.3 Å². The number of aliphatic hydroxyl groups excluding tert-OH is 1. The van der Waals surface area contributed by atoms with Crippen molar-refractivity contribution in [1.82, 2.24) is 0 Å². The Morgan fingerprint density at radius 2 is 2.19 bits per heavy atom. The van der Waals surface area contributed by atoms with E-state index < -0.39 is 6.10 Å². The van der Waals surface area contributed by atoms with Gasteiger partial charge in [-0.25, -0.2) is 0 Å². The van der Waals surface area contributed by atoms with E-state index in [2.05, 4.69) is 5.32 Å². The van der Waals surface area contributed by atoms with Crippen molar-refractivity contribution in [3.8, 4) is 5.75 Å². The number of alkyl halides is 1.